The Kier molecular flexibility index (Phi) is 5.39. The largest absolute Gasteiger partial charge is 0.462 e. The highest BCUT2D eigenvalue weighted by Gasteiger charge is 2.03. The Morgan fingerprint density at radius 2 is 2.20 bits per heavy atom. The third kappa shape index (κ3) is 4.46. The van der Waals surface area contributed by atoms with E-state index < -0.39 is 0 Å². The minimum Gasteiger partial charge on any atom is -0.462 e. The highest BCUT2D eigenvalue weighted by atomic mass is 16.5. The van der Waals surface area contributed by atoms with Crippen LogP contribution in [0, 0.1) is 5.92 Å². The van der Waals surface area contributed by atoms with Gasteiger partial charge in [-0.3, -0.25) is 0 Å². The summed E-state index contributed by atoms with van der Waals surface area (Å²) in [7, 11) is 1.70. The van der Waals surface area contributed by atoms with Crippen LogP contribution in [0.5, 0.6) is 0 Å². The predicted octanol–water partition coefficient (Wildman–Crippen LogP) is 1.14. The molecule has 15 heavy (non-hydrogen) atoms. The molecule has 0 fully saturated rings. The van der Waals surface area contributed by atoms with Crippen molar-refractivity contribution in [3.05, 3.63) is 23.7 Å². The van der Waals surface area contributed by atoms with Gasteiger partial charge in [-0.25, -0.2) is 0 Å². The summed E-state index contributed by atoms with van der Waals surface area (Å²) in [5, 5.41) is 12.1. The molecule has 1 rings (SSSR count). The molecular weight excluding hydrogens is 194 g/mol. The van der Waals surface area contributed by atoms with E-state index in [1.807, 2.05) is 6.07 Å². The molecule has 0 bridgehead atoms. The van der Waals surface area contributed by atoms with Crippen LogP contribution in [0.15, 0.2) is 16.5 Å². The molecule has 0 aliphatic heterocycles. The molecule has 0 aliphatic carbocycles. The van der Waals surface area contributed by atoms with E-state index in [-0.39, 0.29) is 6.61 Å². The van der Waals surface area contributed by atoms with Gasteiger partial charge >= 0.3 is 0 Å². The Labute approximate surface area is 90.2 Å². The Morgan fingerprint density at radius 1 is 1.47 bits per heavy atom. The number of hydrogen-bond acceptors (Lipinski definition) is 4. The van der Waals surface area contributed by atoms with E-state index in [2.05, 4.69) is 12.2 Å². The minimum atomic E-state index is -0.0416. The number of ether oxygens (including phenoxy) is 1. The van der Waals surface area contributed by atoms with Crippen molar-refractivity contribution in [2.75, 3.05) is 20.3 Å². The summed E-state index contributed by atoms with van der Waals surface area (Å²) in [5.41, 5.74) is 0. The molecule has 1 aromatic heterocycles. The second kappa shape index (κ2) is 6.61. The Bertz CT molecular complexity index is 273. The van der Waals surface area contributed by atoms with Crippen LogP contribution in [0.1, 0.15) is 18.4 Å². The highest BCUT2D eigenvalue weighted by Crippen LogP contribution is 2.07. The average Bonchev–Trinajstić information content (AvgIpc) is 2.66. The summed E-state index contributed by atoms with van der Waals surface area (Å²) in [6, 6.07) is 3.66. The summed E-state index contributed by atoms with van der Waals surface area (Å²) < 4.78 is 10.4. The fourth-order valence-corrected chi connectivity index (χ4v) is 1.39. The zero-order valence-corrected chi connectivity index (χ0v) is 9.32. The Balaban J connectivity index is 2.19. The zero-order chi connectivity index (χ0) is 11.1. The third-order valence-corrected chi connectivity index (χ3v) is 2.12. The van der Waals surface area contributed by atoms with Crippen LogP contribution in [0.2, 0.25) is 0 Å². The van der Waals surface area contributed by atoms with E-state index in [4.69, 9.17) is 14.3 Å². The molecule has 0 radical (unpaired) electrons. The zero-order valence-electron chi connectivity index (χ0n) is 9.32. The molecule has 4 heteroatoms. The van der Waals surface area contributed by atoms with E-state index in [0.717, 1.165) is 18.9 Å². The number of aliphatic hydroxyl groups is 1. The van der Waals surface area contributed by atoms with Crippen LogP contribution in [0.3, 0.4) is 0 Å². The normalized spacial score (nSPS) is 13.0. The molecule has 1 heterocycles. The highest BCUT2D eigenvalue weighted by molar-refractivity contribution is 5.05. The number of methoxy groups -OCH3 is 1. The van der Waals surface area contributed by atoms with Gasteiger partial charge in [0.05, 0.1) is 6.54 Å². The lowest BCUT2D eigenvalue weighted by molar-refractivity contribution is 0.158. The molecule has 0 saturated heterocycles. The van der Waals surface area contributed by atoms with E-state index in [1.54, 1.807) is 13.2 Å². The maximum atomic E-state index is 8.80. The van der Waals surface area contributed by atoms with Crippen LogP contribution in [-0.4, -0.2) is 25.4 Å². The molecule has 86 valence electrons. The lowest BCUT2D eigenvalue weighted by Crippen LogP contribution is -2.23. The van der Waals surface area contributed by atoms with E-state index in [9.17, 15) is 0 Å². The minimum absolute atomic E-state index is 0.0416. The first-order valence-electron chi connectivity index (χ1n) is 5.14. The van der Waals surface area contributed by atoms with Crippen molar-refractivity contribution in [3.8, 4) is 0 Å². The first kappa shape index (κ1) is 12.2. The average molecular weight is 213 g/mol. The van der Waals surface area contributed by atoms with Crippen LogP contribution in [0.4, 0.5) is 0 Å². The van der Waals surface area contributed by atoms with Crippen LogP contribution >= 0.6 is 0 Å². The van der Waals surface area contributed by atoms with Crippen LogP contribution < -0.4 is 5.32 Å². The topological polar surface area (TPSA) is 54.6 Å². The van der Waals surface area contributed by atoms with Gasteiger partial charge in [-0.15, -0.1) is 0 Å². The van der Waals surface area contributed by atoms with E-state index in [1.165, 1.54) is 0 Å². The monoisotopic (exact) mass is 213 g/mol. The van der Waals surface area contributed by atoms with Crippen molar-refractivity contribution >= 4 is 0 Å². The number of rotatable bonds is 7. The van der Waals surface area contributed by atoms with Gasteiger partial charge in [0.25, 0.3) is 0 Å². The van der Waals surface area contributed by atoms with Crippen molar-refractivity contribution in [1.29, 1.82) is 0 Å². The number of aliphatic hydroxyl groups excluding tert-OH is 1. The van der Waals surface area contributed by atoms with Gasteiger partial charge in [0.2, 0.25) is 0 Å². The number of hydrogen-bond donors (Lipinski definition) is 2. The first-order valence-corrected chi connectivity index (χ1v) is 5.14. The smallest absolute Gasteiger partial charge is 0.129 e. The molecule has 2 N–H and O–H groups in total. The molecular formula is C11H19NO3. The molecule has 0 spiro atoms. The van der Waals surface area contributed by atoms with Crippen molar-refractivity contribution in [1.82, 2.24) is 5.32 Å². The molecule has 1 aromatic rings. The predicted molar refractivity (Wildman–Crippen MR) is 57.4 cm³/mol. The SMILES string of the molecule is COCC(C)CNCc1ccc(CO)o1. The van der Waals surface area contributed by atoms with Crippen molar-refractivity contribution in [3.63, 3.8) is 0 Å². The van der Waals surface area contributed by atoms with Crippen molar-refractivity contribution < 1.29 is 14.3 Å². The number of nitrogens with one attached hydrogen (secondary N) is 1. The van der Waals surface area contributed by atoms with E-state index in [0.29, 0.717) is 18.2 Å². The first-order chi connectivity index (χ1) is 7.26. The summed E-state index contributed by atoms with van der Waals surface area (Å²) in [6.45, 7) is 4.42. The van der Waals surface area contributed by atoms with Crippen molar-refractivity contribution in [2.45, 2.75) is 20.1 Å². The molecule has 4 nitrogen and oxygen atoms in total. The lowest BCUT2D eigenvalue weighted by Gasteiger charge is -2.10. The molecule has 0 aliphatic rings. The van der Waals surface area contributed by atoms with Gasteiger partial charge in [0.1, 0.15) is 18.1 Å². The maximum absolute atomic E-state index is 8.80. The second-order valence-corrected chi connectivity index (χ2v) is 3.72. The van der Waals surface area contributed by atoms with Crippen LogP contribution in [0.25, 0.3) is 0 Å². The quantitative estimate of drug-likeness (QED) is 0.713. The molecule has 1 atom stereocenters. The Morgan fingerprint density at radius 3 is 2.80 bits per heavy atom. The fraction of sp³-hybridized carbons (Fsp3) is 0.636. The summed E-state index contributed by atoms with van der Waals surface area (Å²) in [4.78, 5) is 0. The van der Waals surface area contributed by atoms with Crippen molar-refractivity contribution in [2.24, 2.45) is 5.92 Å². The molecule has 0 saturated carbocycles. The van der Waals surface area contributed by atoms with Crippen LogP contribution in [-0.2, 0) is 17.9 Å². The molecule has 0 aromatic carbocycles. The lowest BCUT2D eigenvalue weighted by atomic mass is 10.2. The summed E-state index contributed by atoms with van der Waals surface area (Å²) >= 11 is 0. The van der Waals surface area contributed by atoms with Gasteiger partial charge in [0, 0.05) is 20.3 Å². The van der Waals surface area contributed by atoms with E-state index >= 15 is 0 Å². The number of furan rings is 1. The maximum Gasteiger partial charge on any atom is 0.129 e. The van der Waals surface area contributed by atoms with Gasteiger partial charge in [-0.1, -0.05) is 6.92 Å². The summed E-state index contributed by atoms with van der Waals surface area (Å²) in [6.07, 6.45) is 0. The van der Waals surface area contributed by atoms with Gasteiger partial charge in [0.15, 0.2) is 0 Å². The second-order valence-electron chi connectivity index (χ2n) is 3.72. The third-order valence-electron chi connectivity index (χ3n) is 2.12. The standard InChI is InChI=1S/C11H19NO3/c1-9(8-14-2)5-12-6-10-3-4-11(7-13)15-10/h3-4,9,12-13H,5-8H2,1-2H3. The van der Waals surface area contributed by atoms with Gasteiger partial charge < -0.3 is 19.6 Å². The van der Waals surface area contributed by atoms with Gasteiger partial charge in [-0.2, -0.15) is 0 Å². The fourth-order valence-electron chi connectivity index (χ4n) is 1.39. The molecule has 0 amide bonds. The summed E-state index contributed by atoms with van der Waals surface area (Å²) in [5.74, 6) is 1.95. The Hall–Kier alpha value is -0.840. The molecule has 1 unspecified atom stereocenters. The van der Waals surface area contributed by atoms with Gasteiger partial charge in [-0.05, 0) is 18.1 Å².